The molecule has 7 nitrogen and oxygen atoms in total. The van der Waals surface area contributed by atoms with Gasteiger partial charge in [0.15, 0.2) is 5.16 Å². The summed E-state index contributed by atoms with van der Waals surface area (Å²) in [5, 5.41) is 5.00. The van der Waals surface area contributed by atoms with Crippen LogP contribution in [0.5, 0.6) is 0 Å². The van der Waals surface area contributed by atoms with Crippen LogP contribution in [0, 0.1) is 0 Å². The Hall–Kier alpha value is -2.19. The SMILES string of the molecule is [3H]CN(C)C(=O)CCC(C)n1ncnc1SC[N+](C)(C=O)c1ccccc1. The fraction of sp³-hybridized carbons (Fsp3) is 0.444. The highest BCUT2D eigenvalue weighted by Gasteiger charge is 2.26. The summed E-state index contributed by atoms with van der Waals surface area (Å²) in [6, 6.07) is 9.59. The number of benzene rings is 1. The van der Waals surface area contributed by atoms with E-state index in [1.54, 1.807) is 11.7 Å². The zero-order valence-corrected chi connectivity index (χ0v) is 16.2. The largest absolute Gasteiger partial charge is 0.349 e. The number of carbonyl (C=O) groups excluding carboxylic acids is 2. The topological polar surface area (TPSA) is 68.1 Å². The van der Waals surface area contributed by atoms with Crippen molar-refractivity contribution in [3.8, 4) is 0 Å². The van der Waals surface area contributed by atoms with Crippen LogP contribution in [-0.2, 0) is 9.59 Å². The molecule has 2 rings (SSSR count). The van der Waals surface area contributed by atoms with Crippen molar-refractivity contribution in [3.05, 3.63) is 36.7 Å². The molecule has 1 aromatic carbocycles. The van der Waals surface area contributed by atoms with E-state index in [9.17, 15) is 9.59 Å². The number of aromatic nitrogens is 3. The van der Waals surface area contributed by atoms with Gasteiger partial charge in [-0.15, -0.1) is 0 Å². The van der Waals surface area contributed by atoms with Crippen LogP contribution in [0.4, 0.5) is 5.69 Å². The van der Waals surface area contributed by atoms with Crippen LogP contribution >= 0.6 is 11.8 Å². The lowest BCUT2D eigenvalue weighted by atomic mass is 10.2. The zero-order chi connectivity index (χ0) is 19.9. The van der Waals surface area contributed by atoms with Crippen LogP contribution in [0.15, 0.2) is 41.8 Å². The second-order valence-corrected chi connectivity index (χ2v) is 7.36. The van der Waals surface area contributed by atoms with E-state index in [0.29, 0.717) is 23.9 Å². The monoisotopic (exact) mass is 378 g/mol. The minimum atomic E-state index is -0.0551. The molecule has 1 aromatic heterocycles. The van der Waals surface area contributed by atoms with Gasteiger partial charge < -0.3 is 4.90 Å². The molecule has 26 heavy (non-hydrogen) atoms. The Morgan fingerprint density at radius 3 is 2.85 bits per heavy atom. The average Bonchev–Trinajstić information content (AvgIpc) is 3.18. The molecule has 0 bridgehead atoms. The maximum Gasteiger partial charge on any atom is 0.307 e. The highest BCUT2D eigenvalue weighted by Crippen LogP contribution is 2.27. The standard InChI is InChI=1S/C18H26N5O2S/c1-15(10-11-17(25)21(2)3)22-18(19-12-20-22)26-14-23(4,13-24)16-8-6-5-7-9-16/h5-9,12-13,15H,10-11,14H2,1-4H3/q+1/i2T. The van der Waals surface area contributed by atoms with Gasteiger partial charge >= 0.3 is 6.41 Å². The maximum atomic E-state index is 11.9. The Morgan fingerprint density at radius 1 is 1.46 bits per heavy atom. The summed E-state index contributed by atoms with van der Waals surface area (Å²) in [4.78, 5) is 29.3. The maximum absolute atomic E-state index is 11.9. The molecule has 0 aliphatic rings. The molecule has 2 unspecified atom stereocenters. The lowest BCUT2D eigenvalue weighted by Crippen LogP contribution is -2.43. The molecule has 0 saturated carbocycles. The number of thioether (sulfide) groups is 1. The first kappa shape index (κ1) is 18.6. The molecular weight excluding hydrogens is 350 g/mol. The number of hydrogen-bond donors (Lipinski definition) is 0. The number of amides is 2. The molecule has 2 atom stereocenters. The van der Waals surface area contributed by atoms with Gasteiger partial charge in [-0.05, 0) is 37.2 Å². The van der Waals surface area contributed by atoms with E-state index in [-0.39, 0.29) is 23.5 Å². The normalized spacial score (nSPS) is 15.0. The van der Waals surface area contributed by atoms with Crippen molar-refractivity contribution in [2.75, 3.05) is 27.0 Å². The first-order valence-electron chi connectivity index (χ1n) is 9.04. The summed E-state index contributed by atoms with van der Waals surface area (Å²) in [5.74, 6) is 0.430. The molecular formula is C18H26N5O2S+. The number of carbonyl (C=O) groups is 2. The summed E-state index contributed by atoms with van der Waals surface area (Å²) in [6.45, 7) is 1.98. The molecule has 0 N–H and O–H groups in total. The molecule has 0 fully saturated rings. The van der Waals surface area contributed by atoms with Gasteiger partial charge in [-0.25, -0.2) is 18.9 Å². The highest BCUT2D eigenvalue weighted by molar-refractivity contribution is 7.99. The Morgan fingerprint density at radius 2 is 2.19 bits per heavy atom. The predicted molar refractivity (Wildman–Crippen MR) is 104 cm³/mol. The molecule has 2 amide bonds. The molecule has 0 spiro atoms. The van der Waals surface area contributed by atoms with E-state index >= 15 is 0 Å². The summed E-state index contributed by atoms with van der Waals surface area (Å²) in [7, 11) is 3.44. The molecule has 140 valence electrons. The van der Waals surface area contributed by atoms with E-state index in [2.05, 4.69) is 10.1 Å². The number of para-hydroxylation sites is 1. The van der Waals surface area contributed by atoms with Crippen molar-refractivity contribution in [1.29, 1.82) is 0 Å². The van der Waals surface area contributed by atoms with Crippen molar-refractivity contribution < 1.29 is 11.0 Å². The summed E-state index contributed by atoms with van der Waals surface area (Å²) < 4.78 is 9.16. The molecule has 0 aliphatic heterocycles. The van der Waals surface area contributed by atoms with Crippen molar-refractivity contribution >= 4 is 29.8 Å². The van der Waals surface area contributed by atoms with E-state index in [0.717, 1.165) is 12.1 Å². The molecule has 0 radical (unpaired) electrons. The van der Waals surface area contributed by atoms with Gasteiger partial charge in [0.2, 0.25) is 5.91 Å². The van der Waals surface area contributed by atoms with Crippen molar-refractivity contribution in [1.82, 2.24) is 24.1 Å². The van der Waals surface area contributed by atoms with E-state index in [4.69, 9.17) is 1.37 Å². The zero-order valence-electron chi connectivity index (χ0n) is 16.4. The molecule has 0 aliphatic carbocycles. The lowest BCUT2D eigenvalue weighted by Gasteiger charge is -2.26. The van der Waals surface area contributed by atoms with Crippen LogP contribution in [0.1, 0.15) is 27.2 Å². The van der Waals surface area contributed by atoms with Crippen LogP contribution in [0.25, 0.3) is 0 Å². The highest BCUT2D eigenvalue weighted by atomic mass is 32.2. The summed E-state index contributed by atoms with van der Waals surface area (Å²) >= 11 is 1.46. The second kappa shape index (κ2) is 8.95. The van der Waals surface area contributed by atoms with Crippen LogP contribution in [0.3, 0.4) is 0 Å². The van der Waals surface area contributed by atoms with Crippen molar-refractivity contribution in [2.45, 2.75) is 31.0 Å². The van der Waals surface area contributed by atoms with Gasteiger partial charge in [-0.2, -0.15) is 5.10 Å². The first-order valence-corrected chi connectivity index (χ1v) is 9.32. The predicted octanol–water partition coefficient (Wildman–Crippen LogP) is 2.55. The summed E-state index contributed by atoms with van der Waals surface area (Å²) in [6.07, 6.45) is 3.37. The number of nitrogens with zero attached hydrogens (tertiary/aromatic N) is 5. The Balaban J connectivity index is 2.02. The van der Waals surface area contributed by atoms with Gasteiger partial charge in [0.25, 0.3) is 0 Å². The molecule has 2 aromatic rings. The van der Waals surface area contributed by atoms with Gasteiger partial charge in [-0.3, -0.25) is 4.79 Å². The minimum absolute atomic E-state index is 0.00945. The van der Waals surface area contributed by atoms with Crippen LogP contribution in [-0.4, -0.2) is 59.0 Å². The fourth-order valence-electron chi connectivity index (χ4n) is 2.42. The van der Waals surface area contributed by atoms with Crippen LogP contribution < -0.4 is 4.48 Å². The van der Waals surface area contributed by atoms with Gasteiger partial charge in [-0.1, -0.05) is 18.2 Å². The Bertz CT molecular complexity index is 757. The van der Waals surface area contributed by atoms with Crippen molar-refractivity contribution in [2.24, 2.45) is 0 Å². The molecule has 8 heteroatoms. The quantitative estimate of drug-likeness (QED) is 0.290. The smallest absolute Gasteiger partial charge is 0.307 e. The minimum Gasteiger partial charge on any atom is -0.349 e. The van der Waals surface area contributed by atoms with Gasteiger partial charge in [0.05, 0.1) is 13.1 Å². The molecule has 0 saturated heterocycles. The average molecular weight is 379 g/mol. The Kier molecular flexibility index (Phi) is 6.40. The van der Waals surface area contributed by atoms with Gasteiger partial charge in [0, 0.05) is 21.9 Å². The first-order chi connectivity index (χ1) is 12.9. The van der Waals surface area contributed by atoms with Gasteiger partial charge in [0.1, 0.15) is 17.9 Å². The third-order valence-electron chi connectivity index (χ3n) is 4.20. The summed E-state index contributed by atoms with van der Waals surface area (Å²) in [5.41, 5.74) is 0.906. The van der Waals surface area contributed by atoms with E-state index in [1.807, 2.05) is 44.3 Å². The van der Waals surface area contributed by atoms with E-state index in [1.165, 1.54) is 23.0 Å². The molecule has 1 heterocycles. The fourth-order valence-corrected chi connectivity index (χ4v) is 3.49. The van der Waals surface area contributed by atoms with E-state index < -0.39 is 0 Å². The number of rotatable bonds is 9. The third-order valence-corrected chi connectivity index (χ3v) is 5.42. The van der Waals surface area contributed by atoms with Crippen LogP contribution in [0.2, 0.25) is 0 Å². The number of hydrogen-bond acceptors (Lipinski definition) is 5. The second-order valence-electron chi connectivity index (χ2n) is 6.45. The third kappa shape index (κ3) is 4.92. The Labute approximate surface area is 160 Å². The van der Waals surface area contributed by atoms with Crippen molar-refractivity contribution in [3.63, 3.8) is 0 Å². The lowest BCUT2D eigenvalue weighted by molar-refractivity contribution is -0.129. The number of quaternary nitrogens is 1.